The van der Waals surface area contributed by atoms with Crippen molar-refractivity contribution < 1.29 is 0 Å². The maximum atomic E-state index is 5.67. The molecule has 0 aromatic carbocycles. The number of aromatic nitrogens is 2. The molecule has 0 aliphatic rings. The van der Waals surface area contributed by atoms with Gasteiger partial charge < -0.3 is 0 Å². The van der Waals surface area contributed by atoms with Crippen molar-refractivity contribution in [1.29, 1.82) is 0 Å². The average molecular weight is 262 g/mol. The van der Waals surface area contributed by atoms with Crippen LogP contribution in [-0.4, -0.2) is 9.97 Å². The third-order valence-corrected chi connectivity index (χ3v) is 3.74. The number of aryl methyl sites for hydroxylation is 3. The zero-order valence-corrected chi connectivity index (χ0v) is 11.7. The SMILES string of the molecule is Cc1cc(C(Cc2nc(C)cs2)NN)cc(C)n1. The Hall–Kier alpha value is -1.30. The van der Waals surface area contributed by atoms with Crippen LogP contribution >= 0.6 is 11.3 Å². The summed E-state index contributed by atoms with van der Waals surface area (Å²) in [6, 6.07) is 4.21. The first-order valence-electron chi connectivity index (χ1n) is 5.91. The molecule has 0 aliphatic heterocycles. The molecule has 0 saturated carbocycles. The lowest BCUT2D eigenvalue weighted by Gasteiger charge is -2.16. The largest absolute Gasteiger partial charge is 0.271 e. The molecule has 96 valence electrons. The highest BCUT2D eigenvalue weighted by Gasteiger charge is 2.13. The van der Waals surface area contributed by atoms with Crippen LogP contribution in [0.4, 0.5) is 0 Å². The number of nitrogens with two attached hydrogens (primary N) is 1. The molecule has 0 spiro atoms. The lowest BCUT2D eigenvalue weighted by molar-refractivity contribution is 0.549. The molecule has 1 unspecified atom stereocenters. The second-order valence-electron chi connectivity index (χ2n) is 4.49. The van der Waals surface area contributed by atoms with Gasteiger partial charge in [-0.25, -0.2) is 4.98 Å². The van der Waals surface area contributed by atoms with E-state index < -0.39 is 0 Å². The molecule has 5 heteroatoms. The Bertz CT molecular complexity index is 515. The highest BCUT2D eigenvalue weighted by atomic mass is 32.1. The molecule has 3 N–H and O–H groups in total. The van der Waals surface area contributed by atoms with Crippen molar-refractivity contribution in [3.63, 3.8) is 0 Å². The molecule has 0 aliphatic carbocycles. The van der Waals surface area contributed by atoms with Crippen LogP contribution in [-0.2, 0) is 6.42 Å². The molecule has 0 fully saturated rings. The van der Waals surface area contributed by atoms with E-state index in [9.17, 15) is 0 Å². The van der Waals surface area contributed by atoms with Crippen molar-refractivity contribution in [1.82, 2.24) is 15.4 Å². The van der Waals surface area contributed by atoms with E-state index in [0.29, 0.717) is 0 Å². The van der Waals surface area contributed by atoms with Crippen molar-refractivity contribution in [2.45, 2.75) is 33.2 Å². The fourth-order valence-electron chi connectivity index (χ4n) is 2.01. The Morgan fingerprint density at radius 2 is 1.83 bits per heavy atom. The Morgan fingerprint density at radius 3 is 2.33 bits per heavy atom. The van der Waals surface area contributed by atoms with Crippen LogP contribution in [0.25, 0.3) is 0 Å². The number of nitrogens with zero attached hydrogens (tertiary/aromatic N) is 2. The summed E-state index contributed by atoms with van der Waals surface area (Å²) in [5.74, 6) is 5.67. The lowest BCUT2D eigenvalue weighted by Crippen LogP contribution is -2.29. The summed E-state index contributed by atoms with van der Waals surface area (Å²) in [5.41, 5.74) is 7.12. The molecule has 0 radical (unpaired) electrons. The number of pyridine rings is 1. The number of nitrogens with one attached hydrogen (secondary N) is 1. The van der Waals surface area contributed by atoms with Crippen LogP contribution in [0.15, 0.2) is 17.5 Å². The summed E-state index contributed by atoms with van der Waals surface area (Å²) in [5, 5.41) is 3.16. The van der Waals surface area contributed by atoms with Crippen LogP contribution in [0.1, 0.15) is 33.7 Å². The second kappa shape index (κ2) is 5.56. The Morgan fingerprint density at radius 1 is 1.17 bits per heavy atom. The number of thiazole rings is 1. The van der Waals surface area contributed by atoms with Gasteiger partial charge in [0, 0.05) is 28.9 Å². The van der Waals surface area contributed by atoms with Crippen LogP contribution in [0.2, 0.25) is 0 Å². The van der Waals surface area contributed by atoms with Gasteiger partial charge in [-0.15, -0.1) is 11.3 Å². The second-order valence-corrected chi connectivity index (χ2v) is 5.43. The van der Waals surface area contributed by atoms with E-state index in [1.54, 1.807) is 11.3 Å². The van der Waals surface area contributed by atoms with E-state index in [1.807, 2.05) is 20.8 Å². The number of rotatable bonds is 4. The number of hydrogen-bond donors (Lipinski definition) is 2. The first-order chi connectivity index (χ1) is 8.58. The van der Waals surface area contributed by atoms with Crippen LogP contribution in [0.5, 0.6) is 0 Å². The molecule has 0 bridgehead atoms. The third kappa shape index (κ3) is 3.13. The summed E-state index contributed by atoms with van der Waals surface area (Å²) in [6.07, 6.45) is 0.803. The van der Waals surface area contributed by atoms with Crippen molar-refractivity contribution in [2.24, 2.45) is 5.84 Å². The molecule has 2 aromatic rings. The fraction of sp³-hybridized carbons (Fsp3) is 0.385. The van der Waals surface area contributed by atoms with Gasteiger partial charge in [0.2, 0.25) is 0 Å². The van der Waals surface area contributed by atoms with E-state index in [1.165, 1.54) is 0 Å². The first kappa shape index (κ1) is 13.1. The van der Waals surface area contributed by atoms with Gasteiger partial charge in [0.15, 0.2) is 0 Å². The van der Waals surface area contributed by atoms with Gasteiger partial charge in [0.1, 0.15) is 0 Å². The summed E-state index contributed by atoms with van der Waals surface area (Å²) in [7, 11) is 0. The summed E-state index contributed by atoms with van der Waals surface area (Å²) >= 11 is 1.67. The van der Waals surface area contributed by atoms with Crippen molar-refractivity contribution in [2.75, 3.05) is 0 Å². The van der Waals surface area contributed by atoms with Gasteiger partial charge in [-0.1, -0.05) is 0 Å². The average Bonchev–Trinajstić information content (AvgIpc) is 2.70. The molecule has 1 atom stereocenters. The lowest BCUT2D eigenvalue weighted by atomic mass is 10.0. The van der Waals surface area contributed by atoms with Gasteiger partial charge in [0.25, 0.3) is 0 Å². The van der Waals surface area contributed by atoms with Gasteiger partial charge >= 0.3 is 0 Å². The molecule has 0 amide bonds. The van der Waals surface area contributed by atoms with Crippen LogP contribution < -0.4 is 11.3 Å². The maximum Gasteiger partial charge on any atom is 0.0947 e. The number of hydrogen-bond acceptors (Lipinski definition) is 5. The minimum atomic E-state index is 0.0796. The van der Waals surface area contributed by atoms with E-state index in [4.69, 9.17) is 5.84 Å². The summed E-state index contributed by atoms with van der Waals surface area (Å²) in [4.78, 5) is 8.86. The summed E-state index contributed by atoms with van der Waals surface area (Å²) in [6.45, 7) is 6.00. The minimum Gasteiger partial charge on any atom is -0.271 e. The molecule has 2 aromatic heterocycles. The normalized spacial score (nSPS) is 12.7. The van der Waals surface area contributed by atoms with Gasteiger partial charge in [-0.3, -0.25) is 16.3 Å². The van der Waals surface area contributed by atoms with Gasteiger partial charge in [-0.05, 0) is 38.5 Å². The predicted octanol–water partition coefficient (Wildman–Crippen LogP) is 2.21. The first-order valence-corrected chi connectivity index (χ1v) is 6.79. The Balaban J connectivity index is 2.22. The molecule has 0 saturated heterocycles. The molecule has 2 heterocycles. The van der Waals surface area contributed by atoms with E-state index >= 15 is 0 Å². The minimum absolute atomic E-state index is 0.0796. The predicted molar refractivity (Wildman–Crippen MR) is 74.3 cm³/mol. The molecule has 4 nitrogen and oxygen atoms in total. The molecule has 2 rings (SSSR count). The van der Waals surface area contributed by atoms with Gasteiger partial charge in [0.05, 0.1) is 11.0 Å². The Kier molecular flexibility index (Phi) is 4.06. The van der Waals surface area contributed by atoms with Crippen molar-refractivity contribution in [3.05, 3.63) is 45.2 Å². The zero-order chi connectivity index (χ0) is 13.1. The monoisotopic (exact) mass is 262 g/mol. The fourth-order valence-corrected chi connectivity index (χ4v) is 2.83. The van der Waals surface area contributed by atoms with Crippen molar-refractivity contribution in [3.8, 4) is 0 Å². The smallest absolute Gasteiger partial charge is 0.0947 e. The highest BCUT2D eigenvalue weighted by molar-refractivity contribution is 7.09. The van der Waals surface area contributed by atoms with Crippen LogP contribution in [0.3, 0.4) is 0 Å². The maximum absolute atomic E-state index is 5.67. The molecule has 18 heavy (non-hydrogen) atoms. The van der Waals surface area contributed by atoms with Gasteiger partial charge in [-0.2, -0.15) is 0 Å². The third-order valence-electron chi connectivity index (χ3n) is 2.75. The standard InChI is InChI=1S/C13H18N4S/c1-8-4-11(5-9(2)15-8)12(17-14)6-13-16-10(3)7-18-13/h4-5,7,12,17H,6,14H2,1-3H3. The quantitative estimate of drug-likeness (QED) is 0.655. The number of hydrazine groups is 1. The van der Waals surface area contributed by atoms with E-state index in [2.05, 4.69) is 32.9 Å². The Labute approximate surface area is 111 Å². The highest BCUT2D eigenvalue weighted by Crippen LogP contribution is 2.21. The molecular weight excluding hydrogens is 244 g/mol. The van der Waals surface area contributed by atoms with Crippen LogP contribution in [0, 0.1) is 20.8 Å². The van der Waals surface area contributed by atoms with E-state index in [-0.39, 0.29) is 6.04 Å². The summed E-state index contributed by atoms with van der Waals surface area (Å²) < 4.78 is 0. The van der Waals surface area contributed by atoms with Crippen molar-refractivity contribution >= 4 is 11.3 Å². The topological polar surface area (TPSA) is 63.8 Å². The zero-order valence-electron chi connectivity index (χ0n) is 10.9. The molecular formula is C13H18N4S. The van der Waals surface area contributed by atoms with E-state index in [0.717, 1.165) is 34.1 Å².